The molecule has 0 aliphatic carbocycles. The number of ether oxygens (including phenoxy) is 2. The van der Waals surface area contributed by atoms with E-state index in [1.807, 2.05) is 0 Å². The maximum absolute atomic E-state index is 12.1. The summed E-state index contributed by atoms with van der Waals surface area (Å²) in [5, 5.41) is 9.53. The van der Waals surface area contributed by atoms with Crippen LogP contribution in [0.4, 0.5) is 0 Å². The van der Waals surface area contributed by atoms with Crippen LogP contribution < -0.4 is 0 Å². The summed E-state index contributed by atoms with van der Waals surface area (Å²) in [4.78, 5) is 24.2. The third kappa shape index (κ3) is 33.6. The van der Waals surface area contributed by atoms with Gasteiger partial charge in [-0.05, 0) is 12.8 Å². The summed E-state index contributed by atoms with van der Waals surface area (Å²) in [6, 6.07) is 0. The van der Waals surface area contributed by atoms with Gasteiger partial charge in [0.05, 0.1) is 6.61 Å². The van der Waals surface area contributed by atoms with Crippen molar-refractivity contribution in [3.05, 3.63) is 0 Å². The van der Waals surface area contributed by atoms with Gasteiger partial charge in [-0.2, -0.15) is 0 Å². The van der Waals surface area contributed by atoms with Crippen molar-refractivity contribution >= 4 is 11.9 Å². The van der Waals surface area contributed by atoms with E-state index in [2.05, 4.69) is 13.8 Å². The van der Waals surface area contributed by atoms with E-state index < -0.39 is 6.10 Å². The van der Waals surface area contributed by atoms with Crippen LogP contribution >= 0.6 is 0 Å². The highest BCUT2D eigenvalue weighted by Crippen LogP contribution is 2.15. The van der Waals surface area contributed by atoms with Crippen LogP contribution in [0.2, 0.25) is 0 Å². The summed E-state index contributed by atoms with van der Waals surface area (Å²) in [6.45, 7) is 4.15. The molecule has 0 aromatic carbocycles. The number of rotatable bonds is 35. The van der Waals surface area contributed by atoms with E-state index in [9.17, 15) is 14.7 Å². The first-order valence-corrected chi connectivity index (χ1v) is 19.1. The van der Waals surface area contributed by atoms with Gasteiger partial charge in [-0.1, -0.05) is 187 Å². The molecule has 43 heavy (non-hydrogen) atoms. The SMILES string of the molecule is CCCCCCCCCCCCCCCCCCC(=O)OC[C@H](CO)OC(=O)CCCCCCCCCCCCCCC. The molecule has 0 bridgehead atoms. The van der Waals surface area contributed by atoms with E-state index in [1.54, 1.807) is 0 Å². The van der Waals surface area contributed by atoms with Crippen molar-refractivity contribution in [2.24, 2.45) is 0 Å². The lowest BCUT2D eigenvalue weighted by Crippen LogP contribution is -2.28. The van der Waals surface area contributed by atoms with Crippen LogP contribution in [0.1, 0.15) is 213 Å². The van der Waals surface area contributed by atoms with Crippen molar-refractivity contribution < 1.29 is 24.2 Å². The molecular weight excluding hydrogens is 536 g/mol. The third-order valence-corrected chi connectivity index (χ3v) is 8.65. The summed E-state index contributed by atoms with van der Waals surface area (Å²) in [6.07, 6.45) is 37.3. The minimum Gasteiger partial charge on any atom is -0.462 e. The Kier molecular flexibility index (Phi) is 34.5. The molecule has 0 fully saturated rings. The standard InChI is InChI=1S/C38H74O5/c1-3-5-7-9-11-13-15-17-18-19-21-22-24-26-28-30-32-37(40)42-35-36(34-39)43-38(41)33-31-29-27-25-23-20-16-14-12-10-8-6-4-2/h36,39H,3-35H2,1-2H3/t36-/m0/s1. The fourth-order valence-corrected chi connectivity index (χ4v) is 5.73. The molecule has 5 nitrogen and oxygen atoms in total. The fraction of sp³-hybridized carbons (Fsp3) is 0.947. The molecular formula is C38H74O5. The Morgan fingerprint density at radius 2 is 0.721 bits per heavy atom. The van der Waals surface area contributed by atoms with Crippen molar-refractivity contribution in [2.45, 2.75) is 219 Å². The van der Waals surface area contributed by atoms with E-state index in [0.29, 0.717) is 12.8 Å². The third-order valence-electron chi connectivity index (χ3n) is 8.65. The van der Waals surface area contributed by atoms with Crippen LogP contribution in [-0.2, 0) is 19.1 Å². The molecule has 0 saturated carbocycles. The average Bonchev–Trinajstić information content (AvgIpc) is 3.01. The first kappa shape index (κ1) is 41.9. The molecule has 0 amide bonds. The van der Waals surface area contributed by atoms with Gasteiger partial charge in [0, 0.05) is 12.8 Å². The Hall–Kier alpha value is -1.10. The average molecular weight is 611 g/mol. The molecule has 0 aliphatic heterocycles. The normalized spacial score (nSPS) is 12.0. The summed E-state index contributed by atoms with van der Waals surface area (Å²) >= 11 is 0. The van der Waals surface area contributed by atoms with Crippen LogP contribution in [0.15, 0.2) is 0 Å². The number of hydrogen-bond acceptors (Lipinski definition) is 5. The highest BCUT2D eigenvalue weighted by atomic mass is 16.6. The van der Waals surface area contributed by atoms with Gasteiger partial charge in [0.15, 0.2) is 6.10 Å². The number of hydrogen-bond donors (Lipinski definition) is 1. The second kappa shape index (κ2) is 35.4. The zero-order chi connectivity index (χ0) is 31.5. The largest absolute Gasteiger partial charge is 0.462 e. The molecule has 5 heteroatoms. The zero-order valence-corrected chi connectivity index (χ0v) is 29.0. The zero-order valence-electron chi connectivity index (χ0n) is 29.0. The molecule has 0 unspecified atom stereocenters. The van der Waals surface area contributed by atoms with Gasteiger partial charge >= 0.3 is 11.9 Å². The number of carbonyl (C=O) groups excluding carboxylic acids is 2. The maximum Gasteiger partial charge on any atom is 0.306 e. The van der Waals surface area contributed by atoms with Gasteiger partial charge in [-0.15, -0.1) is 0 Å². The Morgan fingerprint density at radius 3 is 1.02 bits per heavy atom. The first-order chi connectivity index (χ1) is 21.1. The van der Waals surface area contributed by atoms with Crippen molar-refractivity contribution in [1.29, 1.82) is 0 Å². The molecule has 0 radical (unpaired) electrons. The summed E-state index contributed by atoms with van der Waals surface area (Å²) in [5.41, 5.74) is 0. The Labute approximate surface area is 268 Å². The maximum atomic E-state index is 12.1. The van der Waals surface area contributed by atoms with Gasteiger partial charge in [-0.25, -0.2) is 0 Å². The lowest BCUT2D eigenvalue weighted by molar-refractivity contribution is -0.161. The predicted octanol–water partition coefficient (Wildman–Crippen LogP) is 11.6. The van der Waals surface area contributed by atoms with Crippen molar-refractivity contribution in [2.75, 3.05) is 13.2 Å². The van der Waals surface area contributed by atoms with Crippen LogP contribution in [-0.4, -0.2) is 36.4 Å². The topological polar surface area (TPSA) is 72.8 Å². The monoisotopic (exact) mass is 611 g/mol. The second-order valence-corrected chi connectivity index (χ2v) is 13.0. The fourth-order valence-electron chi connectivity index (χ4n) is 5.73. The Balaban J connectivity index is 3.50. The van der Waals surface area contributed by atoms with Crippen molar-refractivity contribution in [1.82, 2.24) is 0 Å². The van der Waals surface area contributed by atoms with Crippen molar-refractivity contribution in [3.8, 4) is 0 Å². The second-order valence-electron chi connectivity index (χ2n) is 13.0. The predicted molar refractivity (Wildman–Crippen MR) is 182 cm³/mol. The van der Waals surface area contributed by atoms with Crippen molar-refractivity contribution in [3.63, 3.8) is 0 Å². The molecule has 0 spiro atoms. The minimum absolute atomic E-state index is 0.0570. The molecule has 1 N–H and O–H groups in total. The molecule has 0 rings (SSSR count). The summed E-state index contributed by atoms with van der Waals surface area (Å²) < 4.78 is 10.6. The summed E-state index contributed by atoms with van der Waals surface area (Å²) in [5.74, 6) is -0.577. The number of aliphatic hydroxyl groups excluding tert-OH is 1. The van der Waals surface area contributed by atoms with Crippen LogP contribution in [0.5, 0.6) is 0 Å². The van der Waals surface area contributed by atoms with Gasteiger partial charge in [0.2, 0.25) is 0 Å². The number of unbranched alkanes of at least 4 members (excludes halogenated alkanes) is 27. The molecule has 0 aromatic rings. The number of esters is 2. The Bertz CT molecular complexity index is 579. The lowest BCUT2D eigenvalue weighted by Gasteiger charge is -2.15. The van der Waals surface area contributed by atoms with E-state index in [0.717, 1.165) is 32.1 Å². The van der Waals surface area contributed by atoms with Crippen LogP contribution in [0, 0.1) is 0 Å². The highest BCUT2D eigenvalue weighted by molar-refractivity contribution is 5.70. The molecule has 0 heterocycles. The van der Waals surface area contributed by atoms with Crippen LogP contribution in [0.3, 0.4) is 0 Å². The molecule has 0 aromatic heterocycles. The Morgan fingerprint density at radius 1 is 0.442 bits per heavy atom. The van der Waals surface area contributed by atoms with Crippen LogP contribution in [0.25, 0.3) is 0 Å². The molecule has 0 aliphatic rings. The minimum atomic E-state index is -0.760. The van der Waals surface area contributed by atoms with Gasteiger partial charge in [-0.3, -0.25) is 9.59 Å². The number of aliphatic hydroxyl groups is 1. The molecule has 1 atom stereocenters. The van der Waals surface area contributed by atoms with E-state index >= 15 is 0 Å². The van der Waals surface area contributed by atoms with Gasteiger partial charge in [0.1, 0.15) is 6.61 Å². The van der Waals surface area contributed by atoms with Gasteiger partial charge < -0.3 is 14.6 Å². The molecule has 0 saturated heterocycles. The quantitative estimate of drug-likeness (QED) is 0.0571. The van der Waals surface area contributed by atoms with Gasteiger partial charge in [0.25, 0.3) is 0 Å². The molecule has 256 valence electrons. The highest BCUT2D eigenvalue weighted by Gasteiger charge is 2.16. The van der Waals surface area contributed by atoms with E-state index in [1.165, 1.54) is 154 Å². The lowest BCUT2D eigenvalue weighted by atomic mass is 10.0. The van der Waals surface area contributed by atoms with E-state index in [4.69, 9.17) is 9.47 Å². The summed E-state index contributed by atoms with van der Waals surface area (Å²) in [7, 11) is 0. The first-order valence-electron chi connectivity index (χ1n) is 19.1. The van der Waals surface area contributed by atoms with E-state index in [-0.39, 0.29) is 25.2 Å². The number of carbonyl (C=O) groups is 2. The smallest absolute Gasteiger partial charge is 0.306 e.